The lowest BCUT2D eigenvalue weighted by molar-refractivity contribution is -0.142. The molecule has 0 amide bonds. The van der Waals surface area contributed by atoms with Crippen molar-refractivity contribution in [2.24, 2.45) is 13.0 Å². The Bertz CT molecular complexity index is 587. The van der Waals surface area contributed by atoms with Gasteiger partial charge in [-0.1, -0.05) is 5.21 Å². The first kappa shape index (κ1) is 15.4. The van der Waals surface area contributed by atoms with Crippen LogP contribution in [0.1, 0.15) is 25.7 Å². The normalized spacial score (nSPS) is 23.7. The number of carboxylic acid groups (broad SMARTS) is 1. The molecule has 20 heavy (non-hydrogen) atoms. The molecule has 112 valence electrons. The summed E-state index contributed by atoms with van der Waals surface area (Å²) >= 11 is 3.06. The van der Waals surface area contributed by atoms with Gasteiger partial charge in [0, 0.05) is 13.1 Å². The van der Waals surface area contributed by atoms with E-state index in [1.165, 1.54) is 11.7 Å². The molecule has 0 aliphatic heterocycles. The molecule has 1 fully saturated rings. The predicted octanol–water partition coefficient (Wildman–Crippen LogP) is 0.499. The number of nitrogens with one attached hydrogen (secondary N) is 1. The quantitative estimate of drug-likeness (QED) is 0.801. The Hall–Kier alpha value is -1.00. The highest BCUT2D eigenvalue weighted by Gasteiger charge is 2.31. The van der Waals surface area contributed by atoms with Gasteiger partial charge < -0.3 is 5.11 Å². The molecule has 0 spiro atoms. The fraction of sp³-hybridized carbons (Fsp3) is 0.700. The molecule has 0 bridgehead atoms. The molecular formula is C10H15BrN4O4S. The summed E-state index contributed by atoms with van der Waals surface area (Å²) in [5.41, 5.74) is 0. The van der Waals surface area contributed by atoms with Crippen LogP contribution in [0, 0.1) is 5.92 Å². The topological polar surface area (TPSA) is 114 Å². The van der Waals surface area contributed by atoms with Crippen molar-refractivity contribution in [3.8, 4) is 0 Å². The van der Waals surface area contributed by atoms with Gasteiger partial charge in [-0.2, -0.15) is 0 Å². The fourth-order valence-electron chi connectivity index (χ4n) is 2.34. The van der Waals surface area contributed by atoms with Gasteiger partial charge >= 0.3 is 5.97 Å². The number of sulfonamides is 1. The molecule has 0 unspecified atom stereocenters. The average molecular weight is 367 g/mol. The van der Waals surface area contributed by atoms with Crippen LogP contribution in [-0.2, 0) is 21.9 Å². The monoisotopic (exact) mass is 366 g/mol. The highest BCUT2D eigenvalue weighted by Crippen LogP contribution is 2.26. The fourth-order valence-corrected chi connectivity index (χ4v) is 4.74. The van der Waals surface area contributed by atoms with Gasteiger partial charge in [-0.05, 0) is 41.6 Å². The smallest absolute Gasteiger partial charge is 0.306 e. The van der Waals surface area contributed by atoms with Crippen molar-refractivity contribution in [3.05, 3.63) is 4.60 Å². The zero-order chi connectivity index (χ0) is 14.9. The molecule has 1 aromatic rings. The van der Waals surface area contributed by atoms with Gasteiger partial charge in [-0.3, -0.25) is 4.79 Å². The Kier molecular flexibility index (Phi) is 4.45. The molecule has 1 heterocycles. The minimum atomic E-state index is -3.72. The van der Waals surface area contributed by atoms with E-state index in [0.29, 0.717) is 25.7 Å². The number of carbonyl (C=O) groups is 1. The van der Waals surface area contributed by atoms with Crippen LogP contribution >= 0.6 is 15.9 Å². The van der Waals surface area contributed by atoms with Crippen LogP contribution in [0.2, 0.25) is 0 Å². The van der Waals surface area contributed by atoms with E-state index in [1.54, 1.807) is 0 Å². The van der Waals surface area contributed by atoms with E-state index in [-0.39, 0.29) is 21.6 Å². The first-order chi connectivity index (χ1) is 9.31. The summed E-state index contributed by atoms with van der Waals surface area (Å²) in [6.45, 7) is 0. The molecule has 1 aliphatic rings. The summed E-state index contributed by atoms with van der Waals surface area (Å²) in [5, 5.41) is 16.2. The van der Waals surface area contributed by atoms with Gasteiger partial charge in [0.05, 0.1) is 5.92 Å². The third kappa shape index (κ3) is 3.18. The third-order valence-corrected chi connectivity index (χ3v) is 5.80. The second kappa shape index (κ2) is 5.78. The number of carboxylic acids is 1. The van der Waals surface area contributed by atoms with Gasteiger partial charge in [0.2, 0.25) is 5.03 Å². The van der Waals surface area contributed by atoms with E-state index < -0.39 is 16.0 Å². The Morgan fingerprint density at radius 3 is 2.45 bits per heavy atom. The lowest BCUT2D eigenvalue weighted by Crippen LogP contribution is -2.39. The first-order valence-electron chi connectivity index (χ1n) is 6.11. The lowest BCUT2D eigenvalue weighted by Gasteiger charge is -2.26. The van der Waals surface area contributed by atoms with Crippen molar-refractivity contribution in [2.75, 3.05) is 0 Å². The number of aryl methyl sites for hydroxylation is 1. The summed E-state index contributed by atoms with van der Waals surface area (Å²) < 4.78 is 28.4. The second-order valence-electron chi connectivity index (χ2n) is 4.82. The van der Waals surface area contributed by atoms with Crippen molar-refractivity contribution in [2.45, 2.75) is 36.8 Å². The Morgan fingerprint density at radius 2 is 2.00 bits per heavy atom. The van der Waals surface area contributed by atoms with E-state index in [0.717, 1.165) is 0 Å². The van der Waals surface area contributed by atoms with Crippen molar-refractivity contribution in [1.82, 2.24) is 19.7 Å². The number of hydrogen-bond acceptors (Lipinski definition) is 5. The lowest BCUT2D eigenvalue weighted by atomic mass is 9.87. The predicted molar refractivity (Wildman–Crippen MR) is 72.4 cm³/mol. The molecular weight excluding hydrogens is 352 g/mol. The molecule has 0 atom stereocenters. The van der Waals surface area contributed by atoms with Gasteiger partial charge in [0.1, 0.15) is 0 Å². The number of aliphatic carboxylic acids is 1. The maximum absolute atomic E-state index is 12.3. The van der Waals surface area contributed by atoms with Crippen molar-refractivity contribution < 1.29 is 18.3 Å². The summed E-state index contributed by atoms with van der Waals surface area (Å²) in [7, 11) is -2.23. The zero-order valence-corrected chi connectivity index (χ0v) is 13.2. The Labute approximate surface area is 124 Å². The van der Waals surface area contributed by atoms with Crippen LogP contribution < -0.4 is 4.72 Å². The van der Waals surface area contributed by atoms with E-state index in [1.807, 2.05) is 0 Å². The maximum Gasteiger partial charge on any atom is 0.306 e. The summed E-state index contributed by atoms with van der Waals surface area (Å²) in [4.78, 5) is 10.9. The number of hydrogen-bond donors (Lipinski definition) is 2. The van der Waals surface area contributed by atoms with Crippen LogP contribution in [0.4, 0.5) is 0 Å². The number of halogens is 1. The molecule has 2 rings (SSSR count). The minimum absolute atomic E-state index is 0.0298. The third-order valence-electron chi connectivity index (χ3n) is 3.39. The number of rotatable bonds is 4. The summed E-state index contributed by atoms with van der Waals surface area (Å²) in [6.07, 6.45) is 1.98. The average Bonchev–Trinajstić information content (AvgIpc) is 2.69. The Morgan fingerprint density at radius 1 is 1.40 bits per heavy atom. The molecule has 1 saturated carbocycles. The molecule has 0 aromatic carbocycles. The van der Waals surface area contributed by atoms with Crippen LogP contribution in [0.15, 0.2) is 9.63 Å². The second-order valence-corrected chi connectivity index (χ2v) is 7.20. The van der Waals surface area contributed by atoms with Crippen LogP contribution in [0.25, 0.3) is 0 Å². The summed E-state index contributed by atoms with van der Waals surface area (Å²) in [5.74, 6) is -1.19. The van der Waals surface area contributed by atoms with Crippen LogP contribution in [-0.4, -0.2) is 40.5 Å². The maximum atomic E-state index is 12.3. The van der Waals surface area contributed by atoms with Crippen LogP contribution in [0.3, 0.4) is 0 Å². The summed E-state index contributed by atoms with van der Waals surface area (Å²) in [6, 6.07) is -0.252. The molecule has 0 saturated heterocycles. The van der Waals surface area contributed by atoms with Gasteiger partial charge in [-0.25, -0.2) is 17.8 Å². The Balaban J connectivity index is 2.06. The van der Waals surface area contributed by atoms with Crippen LogP contribution in [0.5, 0.6) is 0 Å². The van der Waals surface area contributed by atoms with E-state index in [9.17, 15) is 13.2 Å². The van der Waals surface area contributed by atoms with E-state index in [4.69, 9.17) is 5.11 Å². The van der Waals surface area contributed by atoms with E-state index >= 15 is 0 Å². The number of nitrogens with zero attached hydrogens (tertiary/aromatic N) is 3. The molecule has 8 nitrogen and oxygen atoms in total. The molecule has 1 aliphatic carbocycles. The molecule has 0 radical (unpaired) electrons. The zero-order valence-electron chi connectivity index (χ0n) is 10.8. The molecule has 1 aromatic heterocycles. The van der Waals surface area contributed by atoms with Crippen molar-refractivity contribution >= 4 is 31.9 Å². The van der Waals surface area contributed by atoms with Gasteiger partial charge in [0.15, 0.2) is 4.60 Å². The van der Waals surface area contributed by atoms with Gasteiger partial charge in [-0.15, -0.1) is 5.10 Å². The highest BCUT2D eigenvalue weighted by atomic mass is 79.9. The van der Waals surface area contributed by atoms with Gasteiger partial charge in [0.25, 0.3) is 10.0 Å². The minimum Gasteiger partial charge on any atom is -0.481 e. The largest absolute Gasteiger partial charge is 0.481 e. The first-order valence-corrected chi connectivity index (χ1v) is 8.39. The SMILES string of the molecule is Cn1nnc(Br)c1S(=O)(=O)NC1CCC(C(=O)O)CC1. The molecule has 2 N–H and O–H groups in total. The standard InChI is InChI=1S/C10H15BrN4O4S/c1-15-9(8(11)12-14-15)20(18,19)13-7-4-2-6(3-5-7)10(16)17/h6-7,13H,2-5H2,1H3,(H,16,17). The van der Waals surface area contributed by atoms with E-state index in [2.05, 4.69) is 31.0 Å². The highest BCUT2D eigenvalue weighted by molar-refractivity contribution is 9.10. The van der Waals surface area contributed by atoms with Crippen molar-refractivity contribution in [3.63, 3.8) is 0 Å². The van der Waals surface area contributed by atoms with Crippen molar-refractivity contribution in [1.29, 1.82) is 0 Å². The molecule has 10 heteroatoms. The number of aromatic nitrogens is 3.